The van der Waals surface area contributed by atoms with E-state index in [2.05, 4.69) is 10.6 Å². The maximum absolute atomic E-state index is 13.7. The van der Waals surface area contributed by atoms with Crippen LogP contribution in [0.25, 0.3) is 0 Å². The number of benzene rings is 2. The van der Waals surface area contributed by atoms with Crippen molar-refractivity contribution >= 4 is 25.0 Å². The lowest BCUT2D eigenvalue weighted by atomic mass is 9.76. The summed E-state index contributed by atoms with van der Waals surface area (Å²) in [6.07, 6.45) is 1.21. The monoisotopic (exact) mass is 524 g/mol. The summed E-state index contributed by atoms with van der Waals surface area (Å²) in [5.74, 6) is -1.92. The number of methoxy groups -OCH3 is 1. The maximum Gasteiger partial charge on any atom is 0.408 e. The van der Waals surface area contributed by atoms with E-state index in [1.54, 1.807) is 0 Å². The van der Waals surface area contributed by atoms with E-state index in [-0.39, 0.29) is 19.4 Å². The molecule has 0 saturated carbocycles. The lowest BCUT2D eigenvalue weighted by Gasteiger charge is -2.31. The van der Waals surface area contributed by atoms with Gasteiger partial charge >= 0.3 is 6.09 Å². The Morgan fingerprint density at radius 3 is 2.37 bits per heavy atom. The van der Waals surface area contributed by atoms with Crippen molar-refractivity contribution in [2.24, 2.45) is 0 Å². The van der Waals surface area contributed by atoms with Crippen LogP contribution in [-0.4, -0.2) is 73.2 Å². The number of carbonyl (C=O) groups is 3. The molecule has 3 rings (SSSR count). The molecule has 0 aromatic heterocycles. The van der Waals surface area contributed by atoms with E-state index in [0.29, 0.717) is 32.4 Å². The van der Waals surface area contributed by atoms with Crippen molar-refractivity contribution < 1.29 is 33.9 Å². The summed E-state index contributed by atoms with van der Waals surface area (Å²) in [5, 5.41) is 26.6. The quantitative estimate of drug-likeness (QED) is 0.260. The lowest BCUT2D eigenvalue weighted by molar-refractivity contribution is -0.221. The van der Waals surface area contributed by atoms with Crippen LogP contribution in [0.5, 0.6) is 0 Å². The van der Waals surface area contributed by atoms with Crippen LogP contribution in [0.2, 0.25) is 0 Å². The van der Waals surface area contributed by atoms with E-state index in [4.69, 9.17) is 9.47 Å². The summed E-state index contributed by atoms with van der Waals surface area (Å²) in [5.41, 5.74) is 1.65. The highest BCUT2D eigenvalue weighted by molar-refractivity contribution is 6.41. The molecule has 1 fully saturated rings. The molecule has 0 radical (unpaired) electrons. The Hall–Kier alpha value is -3.41. The fourth-order valence-electron chi connectivity index (χ4n) is 4.47. The van der Waals surface area contributed by atoms with Crippen LogP contribution in [0.1, 0.15) is 36.8 Å². The van der Waals surface area contributed by atoms with Crippen molar-refractivity contribution in [3.05, 3.63) is 71.8 Å². The van der Waals surface area contributed by atoms with Gasteiger partial charge < -0.3 is 35.1 Å². The first kappa shape index (κ1) is 29.2. The van der Waals surface area contributed by atoms with Gasteiger partial charge in [0.05, 0.1) is 0 Å². The Morgan fingerprint density at radius 1 is 1.08 bits per heavy atom. The average molecular weight is 524 g/mol. The van der Waals surface area contributed by atoms with E-state index in [1.165, 1.54) is 12.0 Å². The molecule has 10 nitrogen and oxygen atoms in total. The molecule has 0 aliphatic carbocycles. The highest BCUT2D eigenvalue weighted by Crippen LogP contribution is 2.20. The molecule has 3 N–H and O–H groups in total. The number of carbonyl (C=O) groups excluding carboxylic acids is 3. The molecule has 3 amide bonds. The van der Waals surface area contributed by atoms with Crippen molar-refractivity contribution in [3.63, 3.8) is 0 Å². The van der Waals surface area contributed by atoms with Gasteiger partial charge in [-0.2, -0.15) is 0 Å². The zero-order valence-corrected chi connectivity index (χ0v) is 21.6. The summed E-state index contributed by atoms with van der Waals surface area (Å²) < 4.78 is 10.3. The van der Waals surface area contributed by atoms with Gasteiger partial charge in [-0.1, -0.05) is 60.7 Å². The van der Waals surface area contributed by atoms with Gasteiger partial charge in [0.25, 0.3) is 0 Å². The number of rotatable bonds is 13. The molecule has 11 heteroatoms. The van der Waals surface area contributed by atoms with Gasteiger partial charge in [-0.05, 0) is 36.8 Å². The van der Waals surface area contributed by atoms with Crippen molar-refractivity contribution in [1.29, 1.82) is 0 Å². The molecule has 1 saturated heterocycles. The first-order valence-corrected chi connectivity index (χ1v) is 12.8. The van der Waals surface area contributed by atoms with Crippen molar-refractivity contribution in [2.75, 3.05) is 20.3 Å². The summed E-state index contributed by atoms with van der Waals surface area (Å²) in [4.78, 5) is 40.8. The van der Waals surface area contributed by atoms with Gasteiger partial charge in [-0.15, -0.1) is 0 Å². The van der Waals surface area contributed by atoms with Gasteiger partial charge in [0.1, 0.15) is 18.7 Å². The van der Waals surface area contributed by atoms with E-state index in [0.717, 1.165) is 11.1 Å². The van der Waals surface area contributed by atoms with Crippen LogP contribution in [-0.2, 0) is 32.1 Å². The number of ether oxygens (including phenoxy) is 2. The molecule has 2 aromatic carbocycles. The summed E-state index contributed by atoms with van der Waals surface area (Å²) in [7, 11) is -0.464. The highest BCUT2D eigenvalue weighted by atomic mass is 16.5. The standard InChI is InChI=1S/C27H35BN3O7/c1-37-17-9-15-24(28(35)36)30-25(32)23-14-8-16-31(23)26(33)22(18-20-10-4-2-5-11-20)29-27(34)38-19-21-12-6-3-7-13-21/h2-7,10-13,22-24,35H,8-9,14-19H2,1H3,(H,29,34)(H,30,32)/q-1/t22-,23?,24+/m1/s1. The van der Waals surface area contributed by atoms with Gasteiger partial charge in [0, 0.05) is 32.6 Å². The van der Waals surface area contributed by atoms with E-state index < -0.39 is 43.1 Å². The van der Waals surface area contributed by atoms with Crippen molar-refractivity contribution in [3.8, 4) is 0 Å². The van der Waals surface area contributed by atoms with Crippen molar-refractivity contribution in [1.82, 2.24) is 15.5 Å². The predicted octanol–water partition coefficient (Wildman–Crippen LogP) is 0.807. The van der Waals surface area contributed by atoms with Crippen LogP contribution in [0.3, 0.4) is 0 Å². The van der Waals surface area contributed by atoms with E-state index >= 15 is 0 Å². The molecular weight excluding hydrogens is 489 g/mol. The smallest absolute Gasteiger partial charge is 0.408 e. The molecule has 1 aliphatic rings. The Morgan fingerprint density at radius 2 is 1.74 bits per heavy atom. The number of likely N-dealkylation sites (tertiary alicyclic amines) is 1. The largest absolute Gasteiger partial charge is 0.855 e. The van der Waals surface area contributed by atoms with Crippen LogP contribution in [0.15, 0.2) is 60.7 Å². The van der Waals surface area contributed by atoms with Gasteiger partial charge in [0.2, 0.25) is 18.9 Å². The Balaban J connectivity index is 1.69. The molecule has 1 aliphatic heterocycles. The molecule has 1 heterocycles. The fourth-order valence-corrected chi connectivity index (χ4v) is 4.47. The SMILES string of the molecule is COCCC[C@H](NC(=O)C1CCCN1C(=O)[C@@H](Cc1ccccc1)NC(=O)OCc1ccccc1)B([O-])O. The van der Waals surface area contributed by atoms with E-state index in [1.807, 2.05) is 60.7 Å². The Kier molecular flexibility index (Phi) is 11.6. The third-order valence-electron chi connectivity index (χ3n) is 6.46. The highest BCUT2D eigenvalue weighted by Gasteiger charge is 2.38. The minimum absolute atomic E-state index is 0.0512. The zero-order chi connectivity index (χ0) is 27.3. The zero-order valence-electron chi connectivity index (χ0n) is 21.6. The molecule has 38 heavy (non-hydrogen) atoms. The predicted molar refractivity (Wildman–Crippen MR) is 139 cm³/mol. The van der Waals surface area contributed by atoms with Crippen LogP contribution >= 0.6 is 0 Å². The topological polar surface area (TPSA) is 140 Å². The fraction of sp³-hybridized carbons (Fsp3) is 0.444. The summed E-state index contributed by atoms with van der Waals surface area (Å²) in [6, 6.07) is 16.7. The molecule has 3 atom stereocenters. The van der Waals surface area contributed by atoms with Crippen LogP contribution < -0.4 is 15.7 Å². The number of alkyl carbamates (subject to hydrolysis) is 1. The number of hydrogen-bond donors (Lipinski definition) is 3. The Labute approximate surface area is 223 Å². The number of nitrogens with one attached hydrogen (secondary N) is 2. The molecule has 204 valence electrons. The number of hydrogen-bond acceptors (Lipinski definition) is 7. The molecule has 1 unspecified atom stereocenters. The third-order valence-corrected chi connectivity index (χ3v) is 6.46. The summed E-state index contributed by atoms with van der Waals surface area (Å²) in [6.45, 7) is 0.771. The maximum atomic E-state index is 13.7. The van der Waals surface area contributed by atoms with Gasteiger partial charge in [-0.25, -0.2) is 4.79 Å². The van der Waals surface area contributed by atoms with Crippen LogP contribution in [0.4, 0.5) is 4.79 Å². The second kappa shape index (κ2) is 15.1. The normalized spacial score (nSPS) is 16.4. The number of nitrogens with zero attached hydrogens (tertiary/aromatic N) is 1. The minimum atomic E-state index is -1.99. The van der Waals surface area contributed by atoms with Gasteiger partial charge in [-0.3, -0.25) is 9.59 Å². The molecule has 0 bridgehead atoms. The van der Waals surface area contributed by atoms with Crippen molar-refractivity contribution in [2.45, 2.75) is 56.7 Å². The number of amides is 3. The molecular formula is C27H35BN3O7-. The summed E-state index contributed by atoms with van der Waals surface area (Å²) >= 11 is 0. The van der Waals surface area contributed by atoms with Crippen LogP contribution in [0, 0.1) is 0 Å². The van der Waals surface area contributed by atoms with Gasteiger partial charge in [0.15, 0.2) is 0 Å². The first-order chi connectivity index (χ1) is 18.4. The second-order valence-electron chi connectivity index (χ2n) is 9.28. The minimum Gasteiger partial charge on any atom is -0.855 e. The van der Waals surface area contributed by atoms with E-state index in [9.17, 15) is 24.4 Å². The third kappa shape index (κ3) is 8.86. The molecule has 0 spiro atoms. The Bertz CT molecular complexity index is 1030. The second-order valence-corrected chi connectivity index (χ2v) is 9.28. The first-order valence-electron chi connectivity index (χ1n) is 12.8. The average Bonchev–Trinajstić information content (AvgIpc) is 3.42. The molecule has 2 aromatic rings. The lowest BCUT2D eigenvalue weighted by Crippen LogP contribution is -2.59.